The van der Waals surface area contributed by atoms with Crippen LogP contribution in [-0.2, 0) is 9.59 Å². The van der Waals surface area contributed by atoms with Gasteiger partial charge in [-0.3, -0.25) is 14.5 Å². The van der Waals surface area contributed by atoms with Crippen LogP contribution in [0.4, 0.5) is 4.79 Å². The van der Waals surface area contributed by atoms with Crippen molar-refractivity contribution < 1.29 is 14.4 Å². The van der Waals surface area contributed by atoms with E-state index in [-0.39, 0.29) is 36.0 Å². The highest BCUT2D eigenvalue weighted by molar-refractivity contribution is 5.76. The van der Waals surface area contributed by atoms with Gasteiger partial charge in [-0.15, -0.1) is 0 Å². The summed E-state index contributed by atoms with van der Waals surface area (Å²) in [6.45, 7) is 9.59. The standard InChI is InChI=1S/C30H41N5O3/c1-23-22-33(29(26-10-6-4-7-11-26)27-12-8-5-9-13-27)20-21-34(23)30(38)35(19-16-31-24(2)36)28-14-17-32(18-15-28)25(3)37/h4-13,23,28-29H,14-22H2,1-3H3,(H,31,36). The lowest BCUT2D eigenvalue weighted by molar-refractivity contribution is -0.130. The third kappa shape index (κ3) is 6.72. The maximum atomic E-state index is 14.0. The first-order chi connectivity index (χ1) is 18.3. The van der Waals surface area contributed by atoms with Crippen LogP contribution in [-0.4, -0.2) is 95.3 Å². The van der Waals surface area contributed by atoms with Crippen molar-refractivity contribution in [1.82, 2.24) is 24.9 Å². The summed E-state index contributed by atoms with van der Waals surface area (Å²) in [5, 5.41) is 2.85. The highest BCUT2D eigenvalue weighted by atomic mass is 16.2. The van der Waals surface area contributed by atoms with Crippen LogP contribution >= 0.6 is 0 Å². The maximum absolute atomic E-state index is 14.0. The number of nitrogens with one attached hydrogen (secondary N) is 1. The first-order valence-electron chi connectivity index (χ1n) is 13.8. The molecule has 2 fully saturated rings. The van der Waals surface area contributed by atoms with Gasteiger partial charge in [-0.2, -0.15) is 0 Å². The lowest BCUT2D eigenvalue weighted by atomic mass is 9.95. The number of carbonyl (C=O) groups excluding carboxylic acids is 3. The van der Waals surface area contributed by atoms with E-state index in [1.54, 1.807) is 6.92 Å². The highest BCUT2D eigenvalue weighted by Crippen LogP contribution is 2.31. The van der Waals surface area contributed by atoms with E-state index in [1.165, 1.54) is 18.1 Å². The van der Waals surface area contributed by atoms with Gasteiger partial charge in [0.15, 0.2) is 0 Å². The Hall–Kier alpha value is -3.39. The van der Waals surface area contributed by atoms with E-state index in [0.29, 0.717) is 32.7 Å². The van der Waals surface area contributed by atoms with Gasteiger partial charge in [0.25, 0.3) is 0 Å². The van der Waals surface area contributed by atoms with E-state index in [1.807, 2.05) is 26.8 Å². The number of likely N-dealkylation sites (tertiary alicyclic amines) is 1. The highest BCUT2D eigenvalue weighted by Gasteiger charge is 2.37. The Morgan fingerprint density at radius 1 is 0.895 bits per heavy atom. The topological polar surface area (TPSA) is 76.2 Å². The van der Waals surface area contributed by atoms with Crippen LogP contribution in [0.5, 0.6) is 0 Å². The number of nitrogens with zero attached hydrogens (tertiary/aromatic N) is 4. The molecule has 0 bridgehead atoms. The van der Waals surface area contributed by atoms with Crippen LogP contribution in [0.1, 0.15) is 50.8 Å². The van der Waals surface area contributed by atoms with Gasteiger partial charge < -0.3 is 20.0 Å². The fourth-order valence-corrected chi connectivity index (χ4v) is 5.83. The molecule has 2 aromatic rings. The monoisotopic (exact) mass is 519 g/mol. The molecule has 4 amide bonds. The van der Waals surface area contributed by atoms with E-state index >= 15 is 0 Å². The fourth-order valence-electron chi connectivity index (χ4n) is 5.83. The number of rotatable bonds is 7. The van der Waals surface area contributed by atoms with Crippen LogP contribution < -0.4 is 5.32 Å². The van der Waals surface area contributed by atoms with Gasteiger partial charge in [-0.25, -0.2) is 4.79 Å². The molecule has 2 aromatic carbocycles. The van der Waals surface area contributed by atoms with Gasteiger partial charge in [-0.1, -0.05) is 60.7 Å². The number of piperidine rings is 1. The molecule has 0 saturated carbocycles. The predicted molar refractivity (Wildman–Crippen MR) is 149 cm³/mol. The molecule has 8 nitrogen and oxygen atoms in total. The van der Waals surface area contributed by atoms with Crippen LogP contribution in [0.2, 0.25) is 0 Å². The lowest BCUT2D eigenvalue weighted by Gasteiger charge is -2.47. The molecule has 204 valence electrons. The third-order valence-corrected chi connectivity index (χ3v) is 7.82. The fraction of sp³-hybridized carbons (Fsp3) is 0.500. The summed E-state index contributed by atoms with van der Waals surface area (Å²) >= 11 is 0. The molecule has 0 aromatic heterocycles. The Balaban J connectivity index is 1.48. The Kier molecular flexibility index (Phi) is 9.39. The lowest BCUT2D eigenvalue weighted by Crippen LogP contribution is -2.60. The molecular formula is C30H41N5O3. The smallest absolute Gasteiger partial charge is 0.320 e. The van der Waals surface area contributed by atoms with E-state index in [2.05, 4.69) is 65.7 Å². The predicted octanol–water partition coefficient (Wildman–Crippen LogP) is 3.35. The van der Waals surface area contributed by atoms with Crippen molar-refractivity contribution in [3.63, 3.8) is 0 Å². The first-order valence-corrected chi connectivity index (χ1v) is 13.8. The van der Waals surface area contributed by atoms with E-state index in [0.717, 1.165) is 25.9 Å². The summed E-state index contributed by atoms with van der Waals surface area (Å²) in [7, 11) is 0. The number of carbonyl (C=O) groups is 3. The molecule has 1 unspecified atom stereocenters. The molecule has 2 aliphatic heterocycles. The summed E-state index contributed by atoms with van der Waals surface area (Å²) in [6, 6.07) is 21.4. The molecule has 2 saturated heterocycles. The zero-order valence-corrected chi connectivity index (χ0v) is 22.9. The van der Waals surface area contributed by atoms with Crippen molar-refractivity contribution in [2.45, 2.75) is 51.7 Å². The maximum Gasteiger partial charge on any atom is 0.320 e. The molecule has 2 heterocycles. The number of piperazine rings is 1. The molecular weight excluding hydrogens is 478 g/mol. The van der Waals surface area contributed by atoms with Gasteiger partial charge in [0.05, 0.1) is 6.04 Å². The minimum Gasteiger partial charge on any atom is -0.355 e. The van der Waals surface area contributed by atoms with Gasteiger partial charge >= 0.3 is 6.03 Å². The van der Waals surface area contributed by atoms with E-state index < -0.39 is 0 Å². The molecule has 38 heavy (non-hydrogen) atoms. The normalized spacial score (nSPS) is 18.9. The summed E-state index contributed by atoms with van der Waals surface area (Å²) < 4.78 is 0. The zero-order chi connectivity index (χ0) is 27.1. The number of hydrogen-bond donors (Lipinski definition) is 1. The van der Waals surface area contributed by atoms with Crippen molar-refractivity contribution in [1.29, 1.82) is 0 Å². The summed E-state index contributed by atoms with van der Waals surface area (Å²) in [6.07, 6.45) is 1.51. The molecule has 2 aliphatic rings. The Morgan fingerprint density at radius 2 is 1.47 bits per heavy atom. The molecule has 8 heteroatoms. The van der Waals surface area contributed by atoms with Crippen LogP contribution in [0, 0.1) is 0 Å². The van der Waals surface area contributed by atoms with Crippen molar-refractivity contribution >= 4 is 17.8 Å². The second kappa shape index (κ2) is 12.9. The molecule has 0 spiro atoms. The summed E-state index contributed by atoms with van der Waals surface area (Å²) in [4.78, 5) is 45.5. The van der Waals surface area contributed by atoms with Gasteiger partial charge in [-0.05, 0) is 30.9 Å². The van der Waals surface area contributed by atoms with Gasteiger partial charge in [0.1, 0.15) is 0 Å². The minimum absolute atomic E-state index is 0.0275. The Labute approximate surface area is 226 Å². The average molecular weight is 520 g/mol. The first kappa shape index (κ1) is 27.6. The Morgan fingerprint density at radius 3 is 1.97 bits per heavy atom. The number of benzene rings is 2. The van der Waals surface area contributed by atoms with Crippen molar-refractivity contribution in [3.8, 4) is 0 Å². The molecule has 0 radical (unpaired) electrons. The quantitative estimate of drug-likeness (QED) is 0.609. The van der Waals surface area contributed by atoms with Gasteiger partial charge in [0.2, 0.25) is 11.8 Å². The summed E-state index contributed by atoms with van der Waals surface area (Å²) in [5.41, 5.74) is 2.50. The number of urea groups is 1. The number of amides is 4. The average Bonchev–Trinajstić information content (AvgIpc) is 2.92. The van der Waals surface area contributed by atoms with Crippen molar-refractivity contribution in [3.05, 3.63) is 71.8 Å². The zero-order valence-electron chi connectivity index (χ0n) is 22.9. The second-order valence-electron chi connectivity index (χ2n) is 10.5. The summed E-state index contributed by atoms with van der Waals surface area (Å²) in [5.74, 6) is -0.0191. The van der Waals surface area contributed by atoms with E-state index in [9.17, 15) is 14.4 Å². The molecule has 1 atom stereocenters. The van der Waals surface area contributed by atoms with Crippen LogP contribution in [0.25, 0.3) is 0 Å². The van der Waals surface area contributed by atoms with Gasteiger partial charge in [0, 0.05) is 71.7 Å². The molecule has 1 N–H and O–H groups in total. The van der Waals surface area contributed by atoms with Crippen LogP contribution in [0.15, 0.2) is 60.7 Å². The second-order valence-corrected chi connectivity index (χ2v) is 10.5. The third-order valence-electron chi connectivity index (χ3n) is 7.82. The molecule has 0 aliphatic carbocycles. The van der Waals surface area contributed by atoms with Crippen molar-refractivity contribution in [2.75, 3.05) is 45.8 Å². The van der Waals surface area contributed by atoms with Crippen LogP contribution in [0.3, 0.4) is 0 Å². The largest absolute Gasteiger partial charge is 0.355 e. The number of hydrogen-bond acceptors (Lipinski definition) is 4. The SMILES string of the molecule is CC(=O)NCCN(C(=O)N1CCN(C(c2ccccc2)c2ccccc2)CC1C)C1CCN(C(C)=O)CC1. The Bertz CT molecular complexity index is 1030. The van der Waals surface area contributed by atoms with E-state index in [4.69, 9.17) is 0 Å². The minimum atomic E-state index is -0.0985. The van der Waals surface area contributed by atoms with Crippen molar-refractivity contribution in [2.24, 2.45) is 0 Å². The molecule has 4 rings (SSSR count).